The van der Waals surface area contributed by atoms with Crippen LogP contribution in [0.15, 0.2) is 24.3 Å². The average Bonchev–Trinajstić information content (AvgIpc) is 3.13. The molecule has 1 aromatic carbocycles. The van der Waals surface area contributed by atoms with Crippen molar-refractivity contribution in [1.29, 1.82) is 0 Å². The average molecular weight is 230 g/mol. The van der Waals surface area contributed by atoms with E-state index in [2.05, 4.69) is 10.3 Å². The predicted octanol–water partition coefficient (Wildman–Crippen LogP) is 1.74. The number of nitrogens with two attached hydrogens (primary N) is 1. The third-order valence-electron chi connectivity index (χ3n) is 3.01. The molecule has 1 saturated carbocycles. The first-order valence-electron chi connectivity index (χ1n) is 5.65. The van der Waals surface area contributed by atoms with E-state index in [9.17, 15) is 0 Å². The fourth-order valence-electron chi connectivity index (χ4n) is 1.93. The lowest BCUT2D eigenvalue weighted by atomic mass is 10.2. The predicted molar refractivity (Wildman–Crippen MR) is 64.3 cm³/mol. The minimum absolute atomic E-state index is 0.499. The number of hydrogen-bond acceptors (Lipinski definition) is 4. The number of benzene rings is 1. The van der Waals surface area contributed by atoms with Gasteiger partial charge in [-0.1, -0.05) is 17.3 Å². The summed E-state index contributed by atoms with van der Waals surface area (Å²) in [5.41, 5.74) is 7.82. The molecule has 0 saturated heterocycles. The van der Waals surface area contributed by atoms with Gasteiger partial charge in [0.25, 0.3) is 0 Å². The van der Waals surface area contributed by atoms with Crippen molar-refractivity contribution in [2.45, 2.75) is 18.8 Å². The van der Waals surface area contributed by atoms with Crippen molar-refractivity contribution in [2.75, 3.05) is 12.8 Å². The first-order chi connectivity index (χ1) is 8.31. The van der Waals surface area contributed by atoms with E-state index in [0.29, 0.717) is 11.7 Å². The van der Waals surface area contributed by atoms with Crippen molar-refractivity contribution in [1.82, 2.24) is 15.0 Å². The highest BCUT2D eigenvalue weighted by atomic mass is 16.5. The molecule has 0 atom stereocenters. The molecule has 0 amide bonds. The summed E-state index contributed by atoms with van der Waals surface area (Å²) in [6.07, 6.45) is 2.32. The lowest BCUT2D eigenvalue weighted by Crippen LogP contribution is -2.04. The maximum absolute atomic E-state index is 6.08. The van der Waals surface area contributed by atoms with Crippen LogP contribution >= 0.6 is 0 Å². The van der Waals surface area contributed by atoms with Gasteiger partial charge in [-0.05, 0) is 25.0 Å². The molecule has 1 aliphatic rings. The van der Waals surface area contributed by atoms with Crippen molar-refractivity contribution in [3.8, 4) is 11.4 Å². The second kappa shape index (κ2) is 3.76. The largest absolute Gasteiger partial charge is 0.494 e. The van der Waals surface area contributed by atoms with Gasteiger partial charge in [0.05, 0.1) is 7.11 Å². The smallest absolute Gasteiger partial charge is 0.151 e. The lowest BCUT2D eigenvalue weighted by Gasteiger charge is -2.08. The molecule has 1 aromatic heterocycles. The summed E-state index contributed by atoms with van der Waals surface area (Å²) in [5, 5.41) is 8.28. The molecule has 2 aromatic rings. The number of aromatic nitrogens is 3. The van der Waals surface area contributed by atoms with Crippen LogP contribution in [0.3, 0.4) is 0 Å². The highest BCUT2D eigenvalue weighted by Gasteiger charge is 2.30. The first-order valence-corrected chi connectivity index (χ1v) is 5.65. The van der Waals surface area contributed by atoms with Crippen LogP contribution in [-0.2, 0) is 0 Å². The minimum atomic E-state index is 0.499. The van der Waals surface area contributed by atoms with Crippen molar-refractivity contribution in [3.05, 3.63) is 30.0 Å². The van der Waals surface area contributed by atoms with Crippen LogP contribution in [0, 0.1) is 0 Å². The summed E-state index contributed by atoms with van der Waals surface area (Å²) < 4.78 is 6.94. The van der Waals surface area contributed by atoms with Crippen molar-refractivity contribution < 1.29 is 4.74 Å². The van der Waals surface area contributed by atoms with Crippen molar-refractivity contribution in [3.63, 3.8) is 0 Å². The van der Waals surface area contributed by atoms with Gasteiger partial charge >= 0.3 is 0 Å². The molecule has 17 heavy (non-hydrogen) atoms. The molecule has 88 valence electrons. The Morgan fingerprint density at radius 2 is 2.12 bits per heavy atom. The molecule has 1 heterocycles. The molecule has 0 aliphatic heterocycles. The van der Waals surface area contributed by atoms with Gasteiger partial charge < -0.3 is 10.5 Å². The quantitative estimate of drug-likeness (QED) is 0.872. The summed E-state index contributed by atoms with van der Waals surface area (Å²) >= 11 is 0. The lowest BCUT2D eigenvalue weighted by molar-refractivity contribution is 0.411. The van der Waals surface area contributed by atoms with Crippen molar-refractivity contribution in [2.24, 2.45) is 0 Å². The number of anilines is 1. The maximum Gasteiger partial charge on any atom is 0.151 e. The zero-order valence-electron chi connectivity index (χ0n) is 9.63. The van der Waals surface area contributed by atoms with Crippen LogP contribution < -0.4 is 10.5 Å². The third-order valence-corrected chi connectivity index (χ3v) is 3.01. The highest BCUT2D eigenvalue weighted by molar-refractivity contribution is 5.52. The number of hydrogen-bond donors (Lipinski definition) is 1. The Hall–Kier alpha value is -2.04. The van der Waals surface area contributed by atoms with E-state index in [-0.39, 0.29) is 0 Å². The molecule has 0 unspecified atom stereocenters. The minimum Gasteiger partial charge on any atom is -0.494 e. The fraction of sp³-hybridized carbons (Fsp3) is 0.333. The topological polar surface area (TPSA) is 66.0 Å². The van der Waals surface area contributed by atoms with Crippen LogP contribution in [0.4, 0.5) is 5.82 Å². The fourth-order valence-corrected chi connectivity index (χ4v) is 1.93. The van der Waals surface area contributed by atoms with Gasteiger partial charge in [-0.3, -0.25) is 0 Å². The highest BCUT2D eigenvalue weighted by Crippen LogP contribution is 2.42. The second-order valence-corrected chi connectivity index (χ2v) is 4.22. The number of nitrogen functional groups attached to an aromatic ring is 1. The normalized spacial score (nSPS) is 14.9. The molecule has 0 radical (unpaired) electrons. The number of rotatable bonds is 3. The van der Waals surface area contributed by atoms with Gasteiger partial charge in [-0.2, -0.15) is 4.68 Å². The van der Waals surface area contributed by atoms with Gasteiger partial charge in [0.1, 0.15) is 17.1 Å². The summed E-state index contributed by atoms with van der Waals surface area (Å²) in [4.78, 5) is 0. The molecule has 1 fully saturated rings. The van der Waals surface area contributed by atoms with Crippen LogP contribution in [0.25, 0.3) is 5.69 Å². The van der Waals surface area contributed by atoms with Crippen LogP contribution in [0.2, 0.25) is 0 Å². The van der Waals surface area contributed by atoms with E-state index < -0.39 is 0 Å². The van der Waals surface area contributed by atoms with Gasteiger partial charge in [0, 0.05) is 5.92 Å². The Morgan fingerprint density at radius 1 is 1.35 bits per heavy atom. The van der Waals surface area contributed by atoms with E-state index in [1.165, 1.54) is 0 Å². The van der Waals surface area contributed by atoms with Crippen molar-refractivity contribution >= 4 is 5.82 Å². The van der Waals surface area contributed by atoms with Gasteiger partial charge in [-0.15, -0.1) is 5.10 Å². The van der Waals surface area contributed by atoms with E-state index >= 15 is 0 Å². The number of ether oxygens (including phenoxy) is 1. The van der Waals surface area contributed by atoms with Gasteiger partial charge in [0.2, 0.25) is 0 Å². The van der Waals surface area contributed by atoms with E-state index in [0.717, 1.165) is 30.0 Å². The zero-order valence-corrected chi connectivity index (χ0v) is 9.63. The van der Waals surface area contributed by atoms with Crippen LogP contribution in [0.1, 0.15) is 24.5 Å². The van der Waals surface area contributed by atoms with Crippen LogP contribution in [-0.4, -0.2) is 22.1 Å². The summed E-state index contributed by atoms with van der Waals surface area (Å²) in [6.45, 7) is 0. The first kappa shape index (κ1) is 10.1. The number of nitrogens with zero attached hydrogens (tertiary/aromatic N) is 3. The Kier molecular flexibility index (Phi) is 2.24. The van der Waals surface area contributed by atoms with E-state index in [1.54, 1.807) is 11.8 Å². The van der Waals surface area contributed by atoms with Gasteiger partial charge in [-0.25, -0.2) is 0 Å². The molecule has 2 N–H and O–H groups in total. The molecular weight excluding hydrogens is 216 g/mol. The SMILES string of the molecule is COc1ccccc1-n1nnc(C2CC2)c1N. The third kappa shape index (κ3) is 1.63. The Bertz CT molecular complexity index is 545. The van der Waals surface area contributed by atoms with E-state index in [4.69, 9.17) is 10.5 Å². The monoisotopic (exact) mass is 230 g/mol. The van der Waals surface area contributed by atoms with E-state index in [1.807, 2.05) is 24.3 Å². The number of methoxy groups -OCH3 is 1. The summed E-state index contributed by atoms with van der Waals surface area (Å²) in [5.74, 6) is 1.86. The van der Waals surface area contributed by atoms with Crippen LogP contribution in [0.5, 0.6) is 5.75 Å². The van der Waals surface area contributed by atoms with Gasteiger partial charge in [0.15, 0.2) is 5.82 Å². The standard InChI is InChI=1S/C12H14N4O/c1-17-10-5-3-2-4-9(10)16-12(13)11(14-15-16)8-6-7-8/h2-5,8H,6-7,13H2,1H3. The molecular formula is C12H14N4O. The number of para-hydroxylation sites is 2. The molecule has 1 aliphatic carbocycles. The summed E-state index contributed by atoms with van der Waals surface area (Å²) in [6, 6.07) is 7.64. The second-order valence-electron chi connectivity index (χ2n) is 4.22. The molecule has 0 bridgehead atoms. The molecule has 5 nitrogen and oxygen atoms in total. The Balaban J connectivity index is 2.08. The Labute approximate surface area is 99.2 Å². The zero-order chi connectivity index (χ0) is 11.8. The Morgan fingerprint density at radius 3 is 2.82 bits per heavy atom. The summed E-state index contributed by atoms with van der Waals surface area (Å²) in [7, 11) is 1.63. The maximum atomic E-state index is 6.08. The molecule has 5 heteroatoms. The molecule has 3 rings (SSSR count). The molecule has 0 spiro atoms.